The minimum atomic E-state index is -3.37. The van der Waals surface area contributed by atoms with Gasteiger partial charge >= 0.3 is 0 Å². The van der Waals surface area contributed by atoms with Crippen LogP contribution >= 0.6 is 27.5 Å². The van der Waals surface area contributed by atoms with Gasteiger partial charge in [0.1, 0.15) is 6.07 Å². The van der Waals surface area contributed by atoms with Crippen LogP contribution in [0, 0.1) is 11.3 Å². The Kier molecular flexibility index (Phi) is 4.99. The van der Waals surface area contributed by atoms with Crippen molar-refractivity contribution in [2.75, 3.05) is 5.88 Å². The summed E-state index contributed by atoms with van der Waals surface area (Å²) in [5.74, 6) is 0.303. The molecule has 0 N–H and O–H groups in total. The molecule has 0 heterocycles. The Morgan fingerprint density at radius 1 is 1.53 bits per heavy atom. The van der Waals surface area contributed by atoms with E-state index in [9.17, 15) is 8.42 Å². The second-order valence-corrected chi connectivity index (χ2v) is 7.19. The first-order valence-electron chi connectivity index (χ1n) is 4.93. The number of hydrogen-bond acceptors (Lipinski definition) is 3. The SMILES string of the molecule is CC(CCCl)S(=O)(=O)c1ccc(C#N)c(Br)c1. The Morgan fingerprint density at radius 3 is 2.65 bits per heavy atom. The maximum Gasteiger partial charge on any atom is 0.181 e. The van der Waals surface area contributed by atoms with Gasteiger partial charge in [-0.25, -0.2) is 8.42 Å². The van der Waals surface area contributed by atoms with E-state index in [1.54, 1.807) is 6.92 Å². The van der Waals surface area contributed by atoms with Crippen LogP contribution in [-0.2, 0) is 9.84 Å². The van der Waals surface area contributed by atoms with Crippen LogP contribution in [0.3, 0.4) is 0 Å². The molecule has 0 saturated carbocycles. The summed E-state index contributed by atoms with van der Waals surface area (Å²) in [5.41, 5.74) is 0.411. The predicted molar refractivity (Wildman–Crippen MR) is 70.8 cm³/mol. The lowest BCUT2D eigenvalue weighted by Gasteiger charge is -2.11. The average molecular weight is 337 g/mol. The molecule has 1 rings (SSSR count). The van der Waals surface area contributed by atoms with E-state index in [4.69, 9.17) is 16.9 Å². The van der Waals surface area contributed by atoms with E-state index < -0.39 is 15.1 Å². The topological polar surface area (TPSA) is 57.9 Å². The van der Waals surface area contributed by atoms with Crippen molar-refractivity contribution in [1.29, 1.82) is 5.26 Å². The van der Waals surface area contributed by atoms with Crippen LogP contribution in [0.2, 0.25) is 0 Å². The number of rotatable bonds is 4. The van der Waals surface area contributed by atoms with Crippen molar-refractivity contribution in [3.63, 3.8) is 0 Å². The Hall–Kier alpha value is -0.570. The molecule has 1 aromatic carbocycles. The smallest absolute Gasteiger partial charge is 0.181 e. The molecule has 1 aromatic rings. The van der Waals surface area contributed by atoms with Crippen molar-refractivity contribution in [3.8, 4) is 6.07 Å². The van der Waals surface area contributed by atoms with Crippen LogP contribution in [0.25, 0.3) is 0 Å². The lowest BCUT2D eigenvalue weighted by atomic mass is 10.2. The van der Waals surface area contributed by atoms with Gasteiger partial charge in [0.15, 0.2) is 9.84 Å². The molecule has 1 unspecified atom stereocenters. The molecule has 1 atom stereocenters. The molecule has 0 radical (unpaired) electrons. The zero-order chi connectivity index (χ0) is 13.1. The van der Waals surface area contributed by atoms with E-state index in [0.717, 1.165) is 0 Å². The van der Waals surface area contributed by atoms with Crippen molar-refractivity contribution in [2.45, 2.75) is 23.5 Å². The summed E-state index contributed by atoms with van der Waals surface area (Å²) in [5, 5.41) is 8.23. The molecule has 0 aliphatic carbocycles. The monoisotopic (exact) mass is 335 g/mol. The molecule has 3 nitrogen and oxygen atoms in total. The summed E-state index contributed by atoms with van der Waals surface area (Å²) < 4.78 is 24.7. The number of nitriles is 1. The van der Waals surface area contributed by atoms with Crippen LogP contribution in [0.5, 0.6) is 0 Å². The zero-order valence-corrected chi connectivity index (χ0v) is 12.3. The first kappa shape index (κ1) is 14.5. The summed E-state index contributed by atoms with van der Waals surface area (Å²) in [4.78, 5) is 0.209. The number of alkyl halides is 1. The lowest BCUT2D eigenvalue weighted by Crippen LogP contribution is -2.18. The molecule has 0 spiro atoms. The van der Waals surface area contributed by atoms with Crippen molar-refractivity contribution in [2.24, 2.45) is 0 Å². The van der Waals surface area contributed by atoms with E-state index in [2.05, 4.69) is 15.9 Å². The van der Waals surface area contributed by atoms with Gasteiger partial charge in [-0.15, -0.1) is 11.6 Å². The molecule has 0 bridgehead atoms. The lowest BCUT2D eigenvalue weighted by molar-refractivity contribution is 0.581. The second-order valence-electron chi connectivity index (χ2n) is 3.59. The van der Waals surface area contributed by atoms with E-state index in [-0.39, 0.29) is 4.90 Å². The predicted octanol–water partition coefficient (Wildman–Crippen LogP) is 3.11. The normalized spacial score (nSPS) is 13.1. The molecular formula is C11H11BrClNO2S. The standard InChI is InChI=1S/C11H11BrClNO2S/c1-8(4-5-13)17(15,16)10-3-2-9(7-14)11(12)6-10/h2-3,6,8H,4-5H2,1H3. The molecule has 0 fully saturated rings. The molecule has 6 heteroatoms. The molecule has 0 saturated heterocycles. The quantitative estimate of drug-likeness (QED) is 0.794. The Labute approximate surface area is 114 Å². The van der Waals surface area contributed by atoms with Gasteiger partial charge in [0.05, 0.1) is 15.7 Å². The van der Waals surface area contributed by atoms with Crippen LogP contribution < -0.4 is 0 Å². The first-order chi connectivity index (χ1) is 7.93. The third kappa shape index (κ3) is 3.21. The van der Waals surface area contributed by atoms with Gasteiger partial charge in [-0.2, -0.15) is 5.26 Å². The summed E-state index contributed by atoms with van der Waals surface area (Å²) in [7, 11) is -3.37. The summed E-state index contributed by atoms with van der Waals surface area (Å²) in [6.45, 7) is 1.63. The van der Waals surface area contributed by atoms with Crippen LogP contribution in [0.1, 0.15) is 18.9 Å². The minimum absolute atomic E-state index is 0.209. The highest BCUT2D eigenvalue weighted by Gasteiger charge is 2.23. The van der Waals surface area contributed by atoms with Gasteiger partial charge in [0.2, 0.25) is 0 Å². The molecule has 0 amide bonds. The number of hydrogen-bond donors (Lipinski definition) is 0. The highest BCUT2D eigenvalue weighted by molar-refractivity contribution is 9.10. The molecular weight excluding hydrogens is 326 g/mol. The van der Waals surface area contributed by atoms with Gasteiger partial charge in [-0.05, 0) is 47.5 Å². The number of sulfone groups is 1. The zero-order valence-electron chi connectivity index (χ0n) is 9.15. The van der Waals surface area contributed by atoms with E-state index in [1.165, 1.54) is 18.2 Å². The molecule has 0 aliphatic heterocycles. The average Bonchev–Trinajstić information content (AvgIpc) is 2.29. The van der Waals surface area contributed by atoms with Crippen LogP contribution in [0.4, 0.5) is 0 Å². The fourth-order valence-electron chi connectivity index (χ4n) is 1.30. The molecule has 92 valence electrons. The van der Waals surface area contributed by atoms with E-state index in [0.29, 0.717) is 22.3 Å². The molecule has 17 heavy (non-hydrogen) atoms. The second kappa shape index (κ2) is 5.85. The Balaban J connectivity index is 3.18. The van der Waals surface area contributed by atoms with Crippen LogP contribution in [-0.4, -0.2) is 19.5 Å². The maximum absolute atomic E-state index is 12.1. The number of halogens is 2. The summed E-state index contributed by atoms with van der Waals surface area (Å²) in [6, 6.07) is 6.36. The summed E-state index contributed by atoms with van der Waals surface area (Å²) >= 11 is 8.73. The van der Waals surface area contributed by atoms with Gasteiger partial charge in [0.25, 0.3) is 0 Å². The third-order valence-electron chi connectivity index (χ3n) is 2.43. The fraction of sp³-hybridized carbons (Fsp3) is 0.364. The van der Waals surface area contributed by atoms with E-state index in [1.807, 2.05) is 6.07 Å². The third-order valence-corrected chi connectivity index (χ3v) is 5.52. The highest BCUT2D eigenvalue weighted by Crippen LogP contribution is 2.24. The van der Waals surface area contributed by atoms with Gasteiger partial charge in [-0.1, -0.05) is 0 Å². The number of benzene rings is 1. The van der Waals surface area contributed by atoms with Crippen molar-refractivity contribution < 1.29 is 8.42 Å². The van der Waals surface area contributed by atoms with Crippen LogP contribution in [0.15, 0.2) is 27.6 Å². The Morgan fingerprint density at radius 2 is 2.18 bits per heavy atom. The number of nitrogens with zero attached hydrogens (tertiary/aromatic N) is 1. The summed E-state index contributed by atoms with van der Waals surface area (Å²) in [6.07, 6.45) is 0.404. The van der Waals surface area contributed by atoms with Gasteiger partial charge < -0.3 is 0 Å². The maximum atomic E-state index is 12.1. The van der Waals surface area contributed by atoms with Crippen molar-refractivity contribution in [3.05, 3.63) is 28.2 Å². The minimum Gasteiger partial charge on any atom is -0.223 e. The van der Waals surface area contributed by atoms with Crippen molar-refractivity contribution >= 4 is 37.4 Å². The Bertz CT molecular complexity index is 551. The fourth-order valence-corrected chi connectivity index (χ4v) is 3.81. The molecule has 0 aromatic heterocycles. The van der Waals surface area contributed by atoms with Gasteiger partial charge in [-0.3, -0.25) is 0 Å². The van der Waals surface area contributed by atoms with Crippen molar-refractivity contribution in [1.82, 2.24) is 0 Å². The van der Waals surface area contributed by atoms with E-state index >= 15 is 0 Å². The highest BCUT2D eigenvalue weighted by atomic mass is 79.9. The molecule has 0 aliphatic rings. The largest absolute Gasteiger partial charge is 0.223 e. The first-order valence-corrected chi connectivity index (χ1v) is 7.80. The van der Waals surface area contributed by atoms with Gasteiger partial charge in [0, 0.05) is 10.4 Å².